The van der Waals surface area contributed by atoms with Crippen LogP contribution in [0.4, 0.5) is 0 Å². The van der Waals surface area contributed by atoms with Gasteiger partial charge in [0.2, 0.25) is 0 Å². The Balaban J connectivity index is 1.12. The Morgan fingerprint density at radius 2 is 0.697 bits per heavy atom. The van der Waals surface area contributed by atoms with E-state index in [0.29, 0.717) is 6.61 Å². The molecule has 1 saturated heterocycles. The van der Waals surface area contributed by atoms with Gasteiger partial charge < -0.3 is 53.1 Å². The third-order valence-electron chi connectivity index (χ3n) is 13.5. The molecule has 1 heterocycles. The van der Waals surface area contributed by atoms with Gasteiger partial charge in [-0.1, -0.05) is 216 Å². The summed E-state index contributed by atoms with van der Waals surface area (Å²) >= 11 is 3.60. The van der Waals surface area contributed by atoms with Crippen molar-refractivity contribution in [2.45, 2.75) is 114 Å². The maximum Gasteiger partial charge on any atom is 0.176 e. The van der Waals surface area contributed by atoms with Gasteiger partial charge in [0.1, 0.15) is 54.9 Å². The van der Waals surface area contributed by atoms with Crippen LogP contribution in [-0.2, 0) is 93.6 Å². The maximum absolute atomic E-state index is 7.51. The van der Waals surface area contributed by atoms with Crippen LogP contribution in [0, 0.1) is 0 Å². The molecule has 2 fully saturated rings. The van der Waals surface area contributed by atoms with Crippen LogP contribution in [0.2, 0.25) is 0 Å². The fourth-order valence-corrected chi connectivity index (χ4v) is 9.89. The number of nitrogens with two attached hydrogens (primary N) is 1. The molecule has 1 aliphatic heterocycles. The van der Waals surface area contributed by atoms with E-state index in [1.54, 1.807) is 6.08 Å². The van der Waals surface area contributed by atoms with Gasteiger partial charge in [0, 0.05) is 4.47 Å². The van der Waals surface area contributed by atoms with E-state index in [1.165, 1.54) is 0 Å². The van der Waals surface area contributed by atoms with Crippen molar-refractivity contribution in [1.82, 2.24) is 0 Å². The van der Waals surface area contributed by atoms with Gasteiger partial charge in [0.15, 0.2) is 6.29 Å². The molecule has 76 heavy (non-hydrogen) atoms. The molecular formula is C64H68BrNO10. The number of hydrogen-bond acceptors (Lipinski definition) is 11. The van der Waals surface area contributed by atoms with E-state index in [4.69, 9.17) is 53.1 Å². The summed E-state index contributed by atoms with van der Waals surface area (Å²) in [7, 11) is 0. The predicted molar refractivity (Wildman–Crippen MR) is 295 cm³/mol. The molecule has 0 amide bonds. The second-order valence-corrected chi connectivity index (χ2v) is 19.9. The van der Waals surface area contributed by atoms with Crippen LogP contribution in [-0.4, -0.2) is 80.5 Å². The maximum atomic E-state index is 7.51. The lowest BCUT2D eigenvalue weighted by Crippen LogP contribution is -2.70. The molecular weight excluding hydrogens is 1020 g/mol. The van der Waals surface area contributed by atoms with E-state index < -0.39 is 67.3 Å². The highest BCUT2D eigenvalue weighted by atomic mass is 79.9. The topological polar surface area (TPSA) is 118 Å². The lowest BCUT2D eigenvalue weighted by molar-refractivity contribution is -0.341. The summed E-state index contributed by atoms with van der Waals surface area (Å²) in [4.78, 5) is 0. The zero-order valence-corrected chi connectivity index (χ0v) is 44.3. The third-order valence-corrected chi connectivity index (χ3v) is 14.0. The van der Waals surface area contributed by atoms with Crippen molar-refractivity contribution in [2.75, 3.05) is 13.2 Å². The molecule has 0 unspecified atom stereocenters. The van der Waals surface area contributed by atoms with Crippen LogP contribution >= 0.6 is 15.9 Å². The van der Waals surface area contributed by atoms with Gasteiger partial charge in [-0.2, -0.15) is 0 Å². The van der Waals surface area contributed by atoms with Crippen molar-refractivity contribution in [3.63, 3.8) is 0 Å². The monoisotopic (exact) mass is 1090 g/mol. The highest BCUT2D eigenvalue weighted by Crippen LogP contribution is 2.39. The average Bonchev–Trinajstić information content (AvgIpc) is 3.47. The molecule has 9 rings (SSSR count). The third kappa shape index (κ3) is 15.7. The number of benzene rings is 7. The first-order valence-corrected chi connectivity index (χ1v) is 26.8. The van der Waals surface area contributed by atoms with Gasteiger partial charge in [0.25, 0.3) is 0 Å². The second kappa shape index (κ2) is 29.2. The molecule has 0 bridgehead atoms. The summed E-state index contributed by atoms with van der Waals surface area (Å²) in [5.41, 5.74) is 14.3. The summed E-state index contributed by atoms with van der Waals surface area (Å²) in [6.07, 6.45) is -6.56. The Kier molecular flexibility index (Phi) is 21.1. The molecule has 11 atom stereocenters. The second-order valence-electron chi connectivity index (χ2n) is 19.0. The van der Waals surface area contributed by atoms with Gasteiger partial charge in [-0.25, -0.2) is 0 Å². The molecule has 12 heteroatoms. The Morgan fingerprint density at radius 3 is 1.08 bits per heavy atom. The number of rotatable bonds is 27. The fourth-order valence-electron chi connectivity index (χ4n) is 9.62. The van der Waals surface area contributed by atoms with Crippen LogP contribution in [0.1, 0.15) is 38.9 Å². The number of ether oxygens (including phenoxy) is 10. The molecule has 1 aliphatic carbocycles. The molecule has 7 aromatic carbocycles. The van der Waals surface area contributed by atoms with E-state index in [1.807, 2.05) is 206 Å². The van der Waals surface area contributed by atoms with Gasteiger partial charge in [-0.3, -0.25) is 0 Å². The average molecular weight is 1090 g/mol. The highest BCUT2D eigenvalue weighted by molar-refractivity contribution is 9.10. The van der Waals surface area contributed by atoms with Gasteiger partial charge in [-0.15, -0.1) is 6.58 Å². The Labute approximate surface area is 455 Å². The van der Waals surface area contributed by atoms with Crippen LogP contribution in [0.5, 0.6) is 0 Å². The first-order chi connectivity index (χ1) is 37.5. The van der Waals surface area contributed by atoms with E-state index in [2.05, 4.69) is 22.5 Å². The number of hydrogen-bond donors (Lipinski definition) is 1. The zero-order chi connectivity index (χ0) is 52.2. The van der Waals surface area contributed by atoms with Crippen molar-refractivity contribution in [1.29, 1.82) is 0 Å². The summed E-state index contributed by atoms with van der Waals surface area (Å²) in [6.45, 7) is 6.18. The Bertz CT molecular complexity index is 2710. The highest BCUT2D eigenvalue weighted by Gasteiger charge is 2.57. The van der Waals surface area contributed by atoms with E-state index in [-0.39, 0.29) is 52.9 Å². The van der Waals surface area contributed by atoms with Gasteiger partial charge >= 0.3 is 0 Å². The van der Waals surface area contributed by atoms with Crippen LogP contribution in [0.15, 0.2) is 223 Å². The molecule has 0 radical (unpaired) electrons. The standard InChI is InChI=1S/C64H68BrNO10/c1-2-37-68-61-59(73-44-52-33-35-53(65)36-34-52)58(71-41-49-27-15-6-16-28-49)60(72-42-50-29-17-7-18-30-50)62(74-43-51-31-19-8-20-32-51)63(61)76-64-55(66)57(70-40-48-25-13-5-14-26-48)56(69-39-47-23-11-4-12-24-47)54(75-64)45-67-38-46-21-9-3-10-22-46/h2-36,54-64H,1,37-45,66H2/t54-,55-,56-,57-,58+,59-,60-,61-,62+,63+,64-/m1/s1. The molecule has 11 nitrogen and oxygen atoms in total. The van der Waals surface area contributed by atoms with E-state index >= 15 is 0 Å². The number of halogens is 1. The predicted octanol–water partition coefficient (Wildman–Crippen LogP) is 11.5. The molecule has 1 saturated carbocycles. The first-order valence-electron chi connectivity index (χ1n) is 26.0. The van der Waals surface area contributed by atoms with Crippen LogP contribution < -0.4 is 5.73 Å². The van der Waals surface area contributed by atoms with Crippen molar-refractivity contribution >= 4 is 15.9 Å². The Hall–Kier alpha value is -5.68. The van der Waals surface area contributed by atoms with Crippen LogP contribution in [0.25, 0.3) is 0 Å². The van der Waals surface area contributed by atoms with Crippen molar-refractivity contribution in [3.8, 4) is 0 Å². The minimum atomic E-state index is -1.12. The van der Waals surface area contributed by atoms with Crippen molar-refractivity contribution in [3.05, 3.63) is 262 Å². The lowest BCUT2D eigenvalue weighted by atomic mass is 9.83. The lowest BCUT2D eigenvalue weighted by Gasteiger charge is -2.52. The summed E-state index contributed by atoms with van der Waals surface area (Å²) in [5, 5.41) is 0. The summed E-state index contributed by atoms with van der Waals surface area (Å²) in [5.74, 6) is 0. The largest absolute Gasteiger partial charge is 0.374 e. The molecule has 7 aromatic rings. The molecule has 396 valence electrons. The normalized spacial score (nSPS) is 24.5. The SMILES string of the molecule is C=CCO[C@@H]1[C@H](OCc2ccc(Br)cc2)[C@H](OCc2ccccc2)[C@@H](OCc2ccccc2)[C@H](OCc2ccccc2)[C@H]1O[C@H]1O[C@H](COCc2ccccc2)[C@@H](OCc2ccccc2)[C@H](OCc2ccccc2)[C@H]1N. The first kappa shape index (κ1) is 55.1. The summed E-state index contributed by atoms with van der Waals surface area (Å²) in [6, 6.07) is 67.3. The van der Waals surface area contributed by atoms with Gasteiger partial charge in [-0.05, 0) is 51.1 Å². The Morgan fingerprint density at radius 1 is 0.382 bits per heavy atom. The molecule has 0 aromatic heterocycles. The van der Waals surface area contributed by atoms with Crippen LogP contribution in [0.3, 0.4) is 0 Å². The van der Waals surface area contributed by atoms with Gasteiger partial charge in [0.05, 0.1) is 65.5 Å². The molecule has 0 spiro atoms. The van der Waals surface area contributed by atoms with Crippen molar-refractivity contribution < 1.29 is 47.4 Å². The fraction of sp³-hybridized carbons (Fsp3) is 0.312. The molecule has 2 N–H and O–H groups in total. The quantitative estimate of drug-likeness (QED) is 0.0496. The van der Waals surface area contributed by atoms with E-state index in [0.717, 1.165) is 43.4 Å². The smallest absolute Gasteiger partial charge is 0.176 e. The van der Waals surface area contributed by atoms with E-state index in [9.17, 15) is 0 Å². The minimum Gasteiger partial charge on any atom is -0.374 e. The summed E-state index contributed by atoms with van der Waals surface area (Å²) < 4.78 is 71.4. The van der Waals surface area contributed by atoms with Crippen molar-refractivity contribution in [2.24, 2.45) is 5.73 Å². The minimum absolute atomic E-state index is 0.137. The molecule has 2 aliphatic rings. The zero-order valence-electron chi connectivity index (χ0n) is 42.7.